The Bertz CT molecular complexity index is 3680. The van der Waals surface area contributed by atoms with Crippen LogP contribution >= 0.6 is 34.0 Å². The number of anilines is 1. The maximum Gasteiger partial charge on any atom is 0.271 e. The third-order valence-electron chi connectivity index (χ3n) is 15.3. The molecular weight excluding hydrogens is 1280 g/mol. The van der Waals surface area contributed by atoms with E-state index in [-0.39, 0.29) is 73.3 Å². The van der Waals surface area contributed by atoms with Crippen LogP contribution in [0.5, 0.6) is 0 Å². The van der Waals surface area contributed by atoms with Gasteiger partial charge in [0.25, 0.3) is 11.8 Å². The summed E-state index contributed by atoms with van der Waals surface area (Å²) < 4.78 is 12.4. The van der Waals surface area contributed by atoms with E-state index in [2.05, 4.69) is 62.5 Å². The summed E-state index contributed by atoms with van der Waals surface area (Å²) in [4.78, 5) is 121. The average molecular weight is 1370 g/mol. The van der Waals surface area contributed by atoms with Gasteiger partial charge in [-0.3, -0.25) is 37.8 Å². The molecular formula is C62H85N19O9S4. The Hall–Kier alpha value is -8.05. The molecule has 0 aliphatic rings. The maximum atomic E-state index is 14.9. The van der Waals surface area contributed by atoms with Crippen molar-refractivity contribution in [2.24, 2.45) is 28.9 Å². The zero-order valence-electron chi connectivity index (χ0n) is 52.7. The lowest BCUT2D eigenvalue weighted by Gasteiger charge is -2.31. The van der Waals surface area contributed by atoms with E-state index in [9.17, 15) is 42.9 Å². The number of H-pyrrole nitrogens is 1. The molecule has 2 aromatic carbocycles. The predicted molar refractivity (Wildman–Crippen MR) is 366 cm³/mol. The Morgan fingerprint density at radius 2 is 1.39 bits per heavy atom. The van der Waals surface area contributed by atoms with Crippen LogP contribution in [0.4, 0.5) is 5.82 Å². The fourth-order valence-corrected chi connectivity index (χ4v) is 12.9. The molecule has 32 heteroatoms. The molecule has 0 saturated carbocycles. The number of aromatic nitrogens is 6. The van der Waals surface area contributed by atoms with Gasteiger partial charge in [0.15, 0.2) is 0 Å². The highest BCUT2D eigenvalue weighted by molar-refractivity contribution is 7.84. The molecule has 0 fully saturated rings. The molecule has 0 saturated heterocycles. The SMILES string of the molecule is Cc1c(N)nc([C@H](CC(N)=O)NC[C@H](N)C(N)=O)nc1C(=O)N[C@@H](Cc1c[nH]c2ccccc12)C(=O)N[C@H](Cc1ccccc1)[C@@H](O)[C@H](C)C(=O)N[C@@H](CCS(C)=O)C(=O)NCCc1nc(-c2nc(-c3nc(C(=O)NCCCNCCCCNCCCN)cs3)cs2)cs1. The molecule has 5 heterocycles. The number of aliphatic hydroxyl groups excluding tert-OH is 1. The van der Waals surface area contributed by atoms with Crippen LogP contribution < -0.4 is 71.2 Å². The van der Waals surface area contributed by atoms with Crippen LogP contribution in [0.2, 0.25) is 0 Å². The maximum absolute atomic E-state index is 14.9. The van der Waals surface area contributed by atoms with Crippen molar-refractivity contribution in [1.82, 2.24) is 72.4 Å². The van der Waals surface area contributed by atoms with E-state index in [1.807, 2.05) is 35.0 Å². The number of unbranched alkanes of at least 4 members (excludes halogenated alkanes) is 1. The number of aliphatic hydroxyl groups is 1. The number of nitrogens with one attached hydrogen (secondary N) is 9. The average Bonchev–Trinajstić information content (AvgIpc) is 1.51. The number of carbonyl (C=O) groups is 7. The Labute approximate surface area is 559 Å². The van der Waals surface area contributed by atoms with Gasteiger partial charge in [-0.25, -0.2) is 24.9 Å². The second kappa shape index (κ2) is 37.1. The lowest BCUT2D eigenvalue weighted by Crippen LogP contribution is -2.57. The third-order valence-corrected chi connectivity index (χ3v) is 18.7. The second-order valence-corrected chi connectivity index (χ2v) is 26.8. The minimum Gasteiger partial charge on any atom is -0.390 e. The van der Waals surface area contributed by atoms with Gasteiger partial charge in [-0.15, -0.1) is 34.0 Å². The van der Waals surface area contributed by atoms with Crippen molar-refractivity contribution in [3.05, 3.63) is 116 Å². The molecule has 506 valence electrons. The minimum absolute atomic E-state index is 0.0000835. The van der Waals surface area contributed by atoms with Crippen LogP contribution in [0.3, 0.4) is 0 Å². The first-order valence-electron chi connectivity index (χ1n) is 30.9. The fraction of sp³-hybridized carbons (Fsp3) is 0.452. The smallest absolute Gasteiger partial charge is 0.271 e. The topological polar surface area (TPSA) is 463 Å². The van der Waals surface area contributed by atoms with Gasteiger partial charge < -0.3 is 81.3 Å². The molecule has 7 rings (SSSR count). The van der Waals surface area contributed by atoms with Gasteiger partial charge in [0, 0.05) is 101 Å². The van der Waals surface area contributed by atoms with E-state index < -0.39 is 88.5 Å². The number of hydrogen-bond acceptors (Lipinski definition) is 23. The minimum atomic E-state index is -1.59. The number of aromatic amines is 1. The first-order chi connectivity index (χ1) is 45.2. The summed E-state index contributed by atoms with van der Waals surface area (Å²) in [7, 11) is -1.35. The quantitative estimate of drug-likeness (QED) is 0.0238. The first kappa shape index (κ1) is 73.4. The molecule has 5 aromatic heterocycles. The Balaban J connectivity index is 0.982. The Kier molecular flexibility index (Phi) is 29.0. The van der Waals surface area contributed by atoms with Crippen molar-refractivity contribution >= 4 is 103 Å². The van der Waals surface area contributed by atoms with Crippen molar-refractivity contribution in [2.75, 3.05) is 70.1 Å². The summed E-state index contributed by atoms with van der Waals surface area (Å²) in [6.07, 6.45) is 5.39. The molecule has 7 aromatic rings. The highest BCUT2D eigenvalue weighted by atomic mass is 32.2. The highest BCUT2D eigenvalue weighted by Crippen LogP contribution is 2.32. The number of nitrogen functional groups attached to an aromatic ring is 1. The van der Waals surface area contributed by atoms with Crippen LogP contribution in [0.15, 0.2) is 76.9 Å². The molecule has 0 aliphatic heterocycles. The molecule has 0 aliphatic carbocycles. The van der Waals surface area contributed by atoms with Crippen molar-refractivity contribution in [3.63, 3.8) is 0 Å². The summed E-state index contributed by atoms with van der Waals surface area (Å²) >= 11 is 4.10. The largest absolute Gasteiger partial charge is 0.390 e. The lowest BCUT2D eigenvalue weighted by molar-refractivity contribution is -0.134. The van der Waals surface area contributed by atoms with E-state index >= 15 is 0 Å². The number of rotatable bonds is 41. The standard InChI is InChI=1S/C62H85N19O9S4/c1-35-51(80-55(81-53(35)66)44(29-49(65)82)73-31-40(64)54(67)84)60(89)77-45(28-38-30-72-41-16-8-7-15-39(38)41)59(88)76-43(27-37-13-5-4-6-14-37)52(83)36(2)56(85)75-42(18-26-94(3)90)57(86)71-25-17-50-74-47(33-91-50)61-79-48(34-93-61)62-78-46(32-92-62)58(87)70-24-12-23-69-21-10-9-20-68-22-11-19-63/h4-8,13-16,30,32-34,36,40,42-45,52,68-69,72-73,83H,9-12,17-29,31,63-64H2,1-3H3,(H2,65,82)(H2,67,84)(H,70,87)(H,71,86)(H,75,85)(H,76,88)(H,77,89)(H2,66,80,81)/t36-,40-,42-,43+,44-,45-,52-,94?/m0/s1. The lowest BCUT2D eigenvalue weighted by atomic mass is 9.91. The van der Waals surface area contributed by atoms with E-state index in [1.165, 1.54) is 54.1 Å². The van der Waals surface area contributed by atoms with Gasteiger partial charge in [-0.2, -0.15) is 0 Å². The number of benzene rings is 2. The summed E-state index contributed by atoms with van der Waals surface area (Å²) in [6.45, 7) is 7.72. The number of hydrogen-bond donors (Lipinski definition) is 15. The third kappa shape index (κ3) is 22.3. The predicted octanol–water partition coefficient (Wildman–Crippen LogP) is 0.977. The Morgan fingerprint density at radius 3 is 2.12 bits per heavy atom. The molecule has 7 amide bonds. The van der Waals surface area contributed by atoms with Crippen LogP contribution in [0.25, 0.3) is 32.3 Å². The molecule has 0 bridgehead atoms. The zero-order chi connectivity index (χ0) is 67.7. The summed E-state index contributed by atoms with van der Waals surface area (Å²) in [5.41, 5.74) is 32.2. The number of thiazole rings is 3. The number of amides is 7. The van der Waals surface area contributed by atoms with Gasteiger partial charge in [0.05, 0.1) is 35.2 Å². The first-order valence-corrected chi connectivity index (χ1v) is 35.3. The number of para-hydroxylation sites is 1. The van der Waals surface area contributed by atoms with E-state index in [0.717, 1.165) is 62.8 Å². The van der Waals surface area contributed by atoms with Crippen molar-refractivity contribution < 1.29 is 42.9 Å². The van der Waals surface area contributed by atoms with Crippen molar-refractivity contribution in [1.29, 1.82) is 0 Å². The monoisotopic (exact) mass is 1370 g/mol. The fourth-order valence-electron chi connectivity index (χ4n) is 9.89. The Morgan fingerprint density at radius 1 is 0.713 bits per heavy atom. The van der Waals surface area contributed by atoms with Crippen molar-refractivity contribution in [2.45, 2.75) is 108 Å². The summed E-state index contributed by atoms with van der Waals surface area (Å²) in [5, 5.41) is 44.4. The van der Waals surface area contributed by atoms with Crippen LogP contribution in [-0.2, 0) is 54.0 Å². The molecule has 28 nitrogen and oxygen atoms in total. The molecule has 8 atom stereocenters. The van der Waals surface area contributed by atoms with Crippen LogP contribution in [-0.4, -0.2) is 175 Å². The number of nitrogens with two attached hydrogens (primary N) is 5. The number of carbonyl (C=O) groups excluding carboxylic acids is 7. The molecule has 0 spiro atoms. The number of primary amides is 2. The number of nitrogens with zero attached hydrogens (tertiary/aromatic N) is 5. The van der Waals surface area contributed by atoms with Gasteiger partial charge in [-0.1, -0.05) is 55.5 Å². The van der Waals surface area contributed by atoms with Crippen LogP contribution in [0, 0.1) is 12.8 Å². The summed E-state index contributed by atoms with van der Waals surface area (Å²) in [5.74, 6) is -6.21. The van der Waals surface area contributed by atoms with Crippen molar-refractivity contribution in [3.8, 4) is 21.4 Å². The molecule has 1 unspecified atom stereocenters. The van der Waals surface area contributed by atoms with E-state index in [4.69, 9.17) is 38.6 Å². The number of fused-ring (bicyclic) bond motifs is 1. The zero-order valence-corrected chi connectivity index (χ0v) is 56.0. The molecule has 20 N–H and O–H groups in total. The van der Waals surface area contributed by atoms with Gasteiger partial charge in [0.2, 0.25) is 29.5 Å². The molecule has 0 radical (unpaired) electrons. The van der Waals surface area contributed by atoms with Gasteiger partial charge in [-0.05, 0) is 95.4 Å². The van der Waals surface area contributed by atoms with Crippen LogP contribution in [0.1, 0.15) is 100.0 Å². The van der Waals surface area contributed by atoms with E-state index in [1.54, 1.807) is 41.9 Å². The van der Waals surface area contributed by atoms with Gasteiger partial charge >= 0.3 is 0 Å². The normalized spacial score (nSPS) is 14.0. The summed E-state index contributed by atoms with van der Waals surface area (Å²) in [6, 6.07) is 10.3. The molecule has 94 heavy (non-hydrogen) atoms. The highest BCUT2D eigenvalue weighted by Gasteiger charge is 2.36. The second-order valence-electron chi connectivity index (χ2n) is 22.6. The van der Waals surface area contributed by atoms with E-state index in [0.29, 0.717) is 62.7 Å². The van der Waals surface area contributed by atoms with Gasteiger partial charge in [0.1, 0.15) is 56.5 Å².